The van der Waals surface area contributed by atoms with Gasteiger partial charge in [-0.15, -0.1) is 13.2 Å². The third-order valence-corrected chi connectivity index (χ3v) is 6.13. The van der Waals surface area contributed by atoms with E-state index < -0.39 is 6.36 Å². The van der Waals surface area contributed by atoms with E-state index in [0.29, 0.717) is 58.6 Å². The summed E-state index contributed by atoms with van der Waals surface area (Å²) in [6, 6.07) is 9.25. The number of ether oxygens (including phenoxy) is 3. The van der Waals surface area contributed by atoms with Crippen LogP contribution in [0.1, 0.15) is 10.4 Å². The molecule has 0 aliphatic carbocycles. The van der Waals surface area contributed by atoms with Gasteiger partial charge in [0, 0.05) is 32.2 Å². The van der Waals surface area contributed by atoms with Crippen LogP contribution in [0.3, 0.4) is 0 Å². The lowest BCUT2D eigenvalue weighted by atomic mass is 10.1. The normalized spacial score (nSPS) is 14.5. The number of carbonyl (C=O) groups is 1. The second-order valence-electron chi connectivity index (χ2n) is 6.99. The van der Waals surface area contributed by atoms with Crippen LogP contribution in [-0.2, 0) is 0 Å². The van der Waals surface area contributed by atoms with E-state index in [1.165, 1.54) is 43.8 Å². The van der Waals surface area contributed by atoms with Crippen LogP contribution in [0.4, 0.5) is 18.3 Å². The van der Waals surface area contributed by atoms with Gasteiger partial charge in [0.25, 0.3) is 5.91 Å². The number of carbonyl (C=O) groups excluding carboxylic acids is 1. The van der Waals surface area contributed by atoms with Crippen LogP contribution in [0.25, 0.3) is 10.2 Å². The molecule has 11 heteroatoms. The number of rotatable bonds is 5. The van der Waals surface area contributed by atoms with Gasteiger partial charge in [-0.05, 0) is 24.3 Å². The largest absolute Gasteiger partial charge is 0.573 e. The summed E-state index contributed by atoms with van der Waals surface area (Å²) in [5.41, 5.74) is 1.02. The fourth-order valence-electron chi connectivity index (χ4n) is 3.55. The van der Waals surface area contributed by atoms with E-state index >= 15 is 0 Å². The number of piperazine rings is 1. The number of anilines is 1. The number of thiazole rings is 1. The van der Waals surface area contributed by atoms with Crippen molar-refractivity contribution in [3.8, 4) is 17.2 Å². The zero-order valence-corrected chi connectivity index (χ0v) is 18.1. The number of amides is 1. The lowest BCUT2D eigenvalue weighted by Crippen LogP contribution is -2.48. The van der Waals surface area contributed by atoms with Gasteiger partial charge in [-0.25, -0.2) is 4.98 Å². The summed E-state index contributed by atoms with van der Waals surface area (Å²) in [6.07, 6.45) is -4.74. The molecular formula is C21H20F3N3O4S. The van der Waals surface area contributed by atoms with Crippen LogP contribution in [0.5, 0.6) is 17.2 Å². The number of para-hydroxylation sites is 1. The van der Waals surface area contributed by atoms with Crippen molar-refractivity contribution < 1.29 is 32.2 Å². The van der Waals surface area contributed by atoms with Crippen molar-refractivity contribution in [3.63, 3.8) is 0 Å². The number of fused-ring (bicyclic) bond motifs is 1. The van der Waals surface area contributed by atoms with Crippen molar-refractivity contribution in [2.45, 2.75) is 6.36 Å². The minimum Gasteiger partial charge on any atom is -0.493 e. The number of hydrogen-bond acceptors (Lipinski definition) is 7. The van der Waals surface area contributed by atoms with E-state index in [1.54, 1.807) is 23.1 Å². The molecule has 0 radical (unpaired) electrons. The fourth-order valence-corrected chi connectivity index (χ4v) is 4.60. The minimum atomic E-state index is -4.74. The monoisotopic (exact) mass is 467 g/mol. The van der Waals surface area contributed by atoms with E-state index in [0.717, 1.165) is 0 Å². The Labute approximate surface area is 185 Å². The lowest BCUT2D eigenvalue weighted by molar-refractivity contribution is -0.274. The fraction of sp³-hybridized carbons (Fsp3) is 0.333. The Morgan fingerprint density at radius 3 is 2.47 bits per heavy atom. The van der Waals surface area contributed by atoms with E-state index in [1.807, 2.05) is 4.90 Å². The molecule has 2 heterocycles. The topological polar surface area (TPSA) is 64.1 Å². The molecule has 4 rings (SSSR count). The molecule has 1 aliphatic heterocycles. The first-order valence-electron chi connectivity index (χ1n) is 9.70. The summed E-state index contributed by atoms with van der Waals surface area (Å²) < 4.78 is 52.6. The summed E-state index contributed by atoms with van der Waals surface area (Å²) >= 11 is 1.29. The van der Waals surface area contributed by atoms with Crippen molar-refractivity contribution >= 4 is 32.6 Å². The predicted molar refractivity (Wildman–Crippen MR) is 114 cm³/mol. The second kappa shape index (κ2) is 8.73. The van der Waals surface area contributed by atoms with Gasteiger partial charge >= 0.3 is 6.36 Å². The molecule has 32 heavy (non-hydrogen) atoms. The quantitative estimate of drug-likeness (QED) is 0.561. The Kier molecular flexibility index (Phi) is 6.00. The number of hydrogen-bond donors (Lipinski definition) is 0. The Bertz CT molecular complexity index is 1130. The average Bonchev–Trinajstić information content (AvgIpc) is 3.20. The van der Waals surface area contributed by atoms with E-state index in [9.17, 15) is 18.0 Å². The number of alkyl halides is 3. The molecule has 0 bridgehead atoms. The molecule has 0 unspecified atom stereocenters. The third-order valence-electron chi connectivity index (χ3n) is 5.05. The van der Waals surface area contributed by atoms with Crippen LogP contribution in [-0.4, -0.2) is 62.6 Å². The molecule has 0 spiro atoms. The van der Waals surface area contributed by atoms with Crippen molar-refractivity contribution in [1.82, 2.24) is 9.88 Å². The molecule has 7 nitrogen and oxygen atoms in total. The van der Waals surface area contributed by atoms with Gasteiger partial charge in [-0.2, -0.15) is 0 Å². The molecular weight excluding hydrogens is 447 g/mol. The third kappa shape index (κ3) is 4.52. The highest BCUT2D eigenvalue weighted by Crippen LogP contribution is 2.34. The lowest BCUT2D eigenvalue weighted by Gasteiger charge is -2.34. The van der Waals surface area contributed by atoms with Gasteiger partial charge < -0.3 is 24.0 Å². The predicted octanol–water partition coefficient (Wildman–Crippen LogP) is 4.17. The number of nitrogens with zero attached hydrogens (tertiary/aromatic N) is 3. The summed E-state index contributed by atoms with van der Waals surface area (Å²) in [6.45, 7) is 2.03. The highest BCUT2D eigenvalue weighted by Gasteiger charge is 2.31. The van der Waals surface area contributed by atoms with E-state index in [2.05, 4.69) is 9.72 Å². The summed E-state index contributed by atoms with van der Waals surface area (Å²) in [5.74, 6) is 0.451. The van der Waals surface area contributed by atoms with Crippen LogP contribution in [0, 0.1) is 0 Å². The molecule has 1 aromatic heterocycles. The summed E-state index contributed by atoms with van der Waals surface area (Å²) in [4.78, 5) is 21.3. The van der Waals surface area contributed by atoms with Gasteiger partial charge in [0.2, 0.25) is 0 Å². The Balaban J connectivity index is 1.46. The number of halogens is 3. The molecule has 1 aliphatic rings. The molecule has 0 saturated carbocycles. The number of benzene rings is 2. The molecule has 0 N–H and O–H groups in total. The Morgan fingerprint density at radius 1 is 1.06 bits per heavy atom. The maximum atomic E-state index is 13.0. The Hall–Kier alpha value is -3.21. The van der Waals surface area contributed by atoms with Crippen molar-refractivity contribution in [1.29, 1.82) is 0 Å². The van der Waals surface area contributed by atoms with E-state index in [-0.39, 0.29) is 11.7 Å². The molecule has 1 saturated heterocycles. The number of aromatic nitrogens is 1. The van der Waals surface area contributed by atoms with E-state index in [4.69, 9.17) is 9.47 Å². The molecule has 1 amide bonds. The van der Waals surface area contributed by atoms with Gasteiger partial charge in [0.15, 0.2) is 16.6 Å². The van der Waals surface area contributed by atoms with Crippen LogP contribution in [0.15, 0.2) is 36.4 Å². The highest BCUT2D eigenvalue weighted by atomic mass is 32.1. The van der Waals surface area contributed by atoms with Crippen molar-refractivity contribution in [2.24, 2.45) is 0 Å². The van der Waals surface area contributed by atoms with Crippen LogP contribution in [0.2, 0.25) is 0 Å². The van der Waals surface area contributed by atoms with Crippen LogP contribution < -0.4 is 19.1 Å². The molecule has 170 valence electrons. The minimum absolute atomic E-state index is 0.154. The van der Waals surface area contributed by atoms with Gasteiger partial charge in [-0.1, -0.05) is 17.4 Å². The van der Waals surface area contributed by atoms with Gasteiger partial charge in [0.1, 0.15) is 5.75 Å². The van der Waals surface area contributed by atoms with Crippen LogP contribution >= 0.6 is 11.3 Å². The maximum Gasteiger partial charge on any atom is 0.573 e. The molecule has 2 aromatic carbocycles. The smallest absolute Gasteiger partial charge is 0.493 e. The van der Waals surface area contributed by atoms with Crippen molar-refractivity contribution in [2.75, 3.05) is 45.3 Å². The molecule has 3 aromatic rings. The first kappa shape index (κ1) is 22.0. The highest BCUT2D eigenvalue weighted by molar-refractivity contribution is 7.22. The summed E-state index contributed by atoms with van der Waals surface area (Å²) in [7, 11) is 3.01. The number of methoxy groups -OCH3 is 2. The SMILES string of the molecule is COc1cccc(C(=O)N2CCN(c3nc4ccc(OC(F)(F)F)cc4s3)CC2)c1OC. The van der Waals surface area contributed by atoms with Gasteiger partial charge in [0.05, 0.1) is 30.0 Å². The first-order valence-corrected chi connectivity index (χ1v) is 10.5. The standard InChI is InChI=1S/C21H20F3N3O4S/c1-29-16-5-3-4-14(18(16)30-2)19(28)26-8-10-27(11-9-26)20-25-15-7-6-13(12-17(15)32-20)31-21(22,23)24/h3-7,12H,8-11H2,1-2H3. The molecule has 1 fully saturated rings. The van der Waals surface area contributed by atoms with Crippen molar-refractivity contribution in [3.05, 3.63) is 42.0 Å². The summed E-state index contributed by atoms with van der Waals surface area (Å²) in [5, 5.41) is 0.690. The first-order chi connectivity index (χ1) is 15.3. The zero-order chi connectivity index (χ0) is 22.9. The second-order valence-corrected chi connectivity index (χ2v) is 8.00. The zero-order valence-electron chi connectivity index (χ0n) is 17.3. The maximum absolute atomic E-state index is 13.0. The average molecular weight is 467 g/mol. The Morgan fingerprint density at radius 2 is 1.81 bits per heavy atom. The van der Waals surface area contributed by atoms with Gasteiger partial charge in [-0.3, -0.25) is 4.79 Å². The molecule has 0 atom stereocenters.